The molecule has 0 aliphatic carbocycles. The first-order valence-corrected chi connectivity index (χ1v) is 4.47. The van der Waals surface area contributed by atoms with Gasteiger partial charge in [-0.25, -0.2) is 0 Å². The van der Waals surface area contributed by atoms with Gasteiger partial charge in [0.25, 0.3) is 0 Å². The van der Waals surface area contributed by atoms with E-state index in [-0.39, 0.29) is 11.7 Å². The summed E-state index contributed by atoms with van der Waals surface area (Å²) in [6, 6.07) is 0. The molecule has 76 valence electrons. The summed E-state index contributed by atoms with van der Waals surface area (Å²) in [6.45, 7) is 7.18. The molecule has 1 atom stereocenters. The highest BCUT2D eigenvalue weighted by atomic mass is 14.7. The van der Waals surface area contributed by atoms with Crippen LogP contribution in [0.25, 0.3) is 0 Å². The summed E-state index contributed by atoms with van der Waals surface area (Å²) >= 11 is 0. The summed E-state index contributed by atoms with van der Waals surface area (Å²) in [7, 11) is 0. The van der Waals surface area contributed by atoms with Crippen LogP contribution in [-0.2, 0) is 0 Å². The largest absolute Gasteiger partial charge is 0.344 e. The van der Waals surface area contributed by atoms with Gasteiger partial charge in [-0.1, -0.05) is 13.3 Å². The maximum atomic E-state index is 5.93. The van der Waals surface area contributed by atoms with Gasteiger partial charge in [-0.2, -0.15) is 0 Å². The maximum Gasteiger partial charge on any atom is 0.0123 e. The Morgan fingerprint density at radius 3 is 2.08 bits per heavy atom. The van der Waals surface area contributed by atoms with Crippen molar-refractivity contribution in [3.05, 3.63) is 0 Å². The molecule has 3 heteroatoms. The molecule has 0 radical (unpaired) electrons. The van der Waals surface area contributed by atoms with E-state index in [9.17, 15) is 0 Å². The molecule has 0 saturated carbocycles. The van der Waals surface area contributed by atoms with Crippen molar-refractivity contribution < 1.29 is 0 Å². The van der Waals surface area contributed by atoms with E-state index >= 15 is 0 Å². The zero-order valence-corrected chi connectivity index (χ0v) is 8.77. The highest BCUT2D eigenvalue weighted by Gasteiger charge is 2.19. The molecule has 3 nitrogen and oxygen atoms in total. The Bertz CT molecular complexity index is 96.4. The van der Waals surface area contributed by atoms with Gasteiger partial charge >= 0.3 is 0 Å². The standard InChI is InChI=1S/C9H22N2.H3N/c1-8(9(2,3)11)6-4-5-7-10;/h8H,4-7,10-11H2,1-3H3;1H3. The molecule has 0 aromatic carbocycles. The molecule has 12 heavy (non-hydrogen) atoms. The van der Waals surface area contributed by atoms with Crippen molar-refractivity contribution in [3.63, 3.8) is 0 Å². The van der Waals surface area contributed by atoms with Crippen LogP contribution in [0.4, 0.5) is 0 Å². The molecule has 7 N–H and O–H groups in total. The minimum atomic E-state index is -0.0331. The Labute approximate surface area is 76.5 Å². The Morgan fingerprint density at radius 1 is 1.25 bits per heavy atom. The maximum absolute atomic E-state index is 5.93. The summed E-state index contributed by atoms with van der Waals surface area (Å²) < 4.78 is 0. The SMILES string of the molecule is CC(CCCCN)C(C)(C)N.N. The van der Waals surface area contributed by atoms with Gasteiger partial charge in [0.2, 0.25) is 0 Å². The van der Waals surface area contributed by atoms with Crippen LogP contribution in [0.3, 0.4) is 0 Å². The second-order valence-corrected chi connectivity index (χ2v) is 4.01. The normalized spacial score (nSPS) is 13.8. The molecular weight excluding hydrogens is 150 g/mol. The highest BCUT2D eigenvalue weighted by Crippen LogP contribution is 2.18. The predicted molar refractivity (Wildman–Crippen MR) is 55.4 cm³/mol. The molecule has 0 aromatic heterocycles. The second kappa shape index (κ2) is 6.40. The van der Waals surface area contributed by atoms with Crippen molar-refractivity contribution in [2.24, 2.45) is 17.4 Å². The molecule has 1 unspecified atom stereocenters. The summed E-state index contributed by atoms with van der Waals surface area (Å²) in [5.41, 5.74) is 11.3. The molecule has 0 heterocycles. The van der Waals surface area contributed by atoms with Crippen molar-refractivity contribution in [2.45, 2.75) is 45.6 Å². The number of hydrogen-bond donors (Lipinski definition) is 3. The molecule has 0 fully saturated rings. The summed E-state index contributed by atoms with van der Waals surface area (Å²) in [5.74, 6) is 0.592. The fraction of sp³-hybridized carbons (Fsp3) is 1.00. The molecule has 0 spiro atoms. The minimum Gasteiger partial charge on any atom is -0.344 e. The smallest absolute Gasteiger partial charge is 0.0123 e. The molecule has 0 aromatic rings. The van der Waals surface area contributed by atoms with Crippen LogP contribution in [0.15, 0.2) is 0 Å². The molecule has 0 saturated heterocycles. The zero-order valence-electron chi connectivity index (χ0n) is 8.77. The van der Waals surface area contributed by atoms with Crippen LogP contribution in [0.2, 0.25) is 0 Å². The van der Waals surface area contributed by atoms with Crippen LogP contribution >= 0.6 is 0 Å². The van der Waals surface area contributed by atoms with E-state index < -0.39 is 0 Å². The topological polar surface area (TPSA) is 87.0 Å². The van der Waals surface area contributed by atoms with Gasteiger partial charge in [0.15, 0.2) is 0 Å². The highest BCUT2D eigenvalue weighted by molar-refractivity contribution is 4.78. The van der Waals surface area contributed by atoms with Crippen LogP contribution in [-0.4, -0.2) is 12.1 Å². The Morgan fingerprint density at radius 2 is 1.75 bits per heavy atom. The average Bonchev–Trinajstić information content (AvgIpc) is 1.86. The summed E-state index contributed by atoms with van der Waals surface area (Å²) in [5, 5.41) is 0. The molecule has 0 aliphatic rings. The van der Waals surface area contributed by atoms with E-state index in [1.165, 1.54) is 12.8 Å². The first-order valence-electron chi connectivity index (χ1n) is 4.47. The molecule has 0 rings (SSSR count). The van der Waals surface area contributed by atoms with E-state index in [0.717, 1.165) is 13.0 Å². The third kappa shape index (κ3) is 6.58. The molecular formula is C9H25N3. The third-order valence-electron chi connectivity index (χ3n) is 2.36. The third-order valence-corrected chi connectivity index (χ3v) is 2.36. The number of nitrogens with two attached hydrogens (primary N) is 2. The molecule has 0 bridgehead atoms. The van der Waals surface area contributed by atoms with Gasteiger partial charge in [-0.15, -0.1) is 0 Å². The lowest BCUT2D eigenvalue weighted by Crippen LogP contribution is -2.39. The molecule has 0 amide bonds. The zero-order chi connectivity index (χ0) is 8.91. The first kappa shape index (κ1) is 14.4. The van der Waals surface area contributed by atoms with Gasteiger partial charge in [0.1, 0.15) is 0 Å². The number of unbranched alkanes of at least 4 members (excludes halogenated alkanes) is 1. The monoisotopic (exact) mass is 175 g/mol. The summed E-state index contributed by atoms with van der Waals surface area (Å²) in [4.78, 5) is 0. The van der Waals surface area contributed by atoms with Crippen molar-refractivity contribution in [1.82, 2.24) is 6.15 Å². The minimum absolute atomic E-state index is 0. The van der Waals surface area contributed by atoms with Gasteiger partial charge in [-0.05, 0) is 39.2 Å². The fourth-order valence-electron chi connectivity index (χ4n) is 0.967. The van der Waals surface area contributed by atoms with Crippen molar-refractivity contribution >= 4 is 0 Å². The number of rotatable bonds is 5. The van der Waals surface area contributed by atoms with E-state index in [1.54, 1.807) is 0 Å². The van der Waals surface area contributed by atoms with Crippen LogP contribution < -0.4 is 17.6 Å². The second-order valence-electron chi connectivity index (χ2n) is 4.01. The lowest BCUT2D eigenvalue weighted by Gasteiger charge is -2.27. The van der Waals surface area contributed by atoms with Crippen LogP contribution in [0.1, 0.15) is 40.0 Å². The molecule has 0 aliphatic heterocycles. The van der Waals surface area contributed by atoms with Gasteiger partial charge in [-0.3, -0.25) is 0 Å². The van der Waals surface area contributed by atoms with E-state index in [4.69, 9.17) is 11.5 Å². The van der Waals surface area contributed by atoms with E-state index in [1.807, 2.05) is 0 Å². The quantitative estimate of drug-likeness (QED) is 0.555. The Kier molecular flexibility index (Phi) is 7.69. The van der Waals surface area contributed by atoms with Gasteiger partial charge in [0.05, 0.1) is 0 Å². The van der Waals surface area contributed by atoms with Crippen molar-refractivity contribution in [2.75, 3.05) is 6.54 Å². The number of hydrogen-bond acceptors (Lipinski definition) is 3. The average molecular weight is 175 g/mol. The van der Waals surface area contributed by atoms with Crippen molar-refractivity contribution in [1.29, 1.82) is 0 Å². The first-order chi connectivity index (χ1) is 4.98. The van der Waals surface area contributed by atoms with Gasteiger partial charge < -0.3 is 17.6 Å². The summed E-state index contributed by atoms with van der Waals surface area (Å²) in [6.07, 6.45) is 3.53. The van der Waals surface area contributed by atoms with Crippen LogP contribution in [0, 0.1) is 5.92 Å². The van der Waals surface area contributed by atoms with E-state index in [0.29, 0.717) is 5.92 Å². The fourth-order valence-corrected chi connectivity index (χ4v) is 0.967. The van der Waals surface area contributed by atoms with Crippen molar-refractivity contribution in [3.8, 4) is 0 Å². The van der Waals surface area contributed by atoms with Crippen LogP contribution in [0.5, 0.6) is 0 Å². The Balaban J connectivity index is 0. The van der Waals surface area contributed by atoms with E-state index in [2.05, 4.69) is 20.8 Å². The lowest BCUT2D eigenvalue weighted by atomic mass is 9.86. The van der Waals surface area contributed by atoms with Gasteiger partial charge in [0, 0.05) is 5.54 Å². The Hall–Kier alpha value is -0.120. The predicted octanol–water partition coefficient (Wildman–Crippen LogP) is 1.65. The lowest BCUT2D eigenvalue weighted by molar-refractivity contribution is 0.318.